The monoisotopic (exact) mass is 602 g/mol. The molecule has 14 heteroatoms. The van der Waals surface area contributed by atoms with Gasteiger partial charge >= 0.3 is 6.18 Å². The summed E-state index contributed by atoms with van der Waals surface area (Å²) in [4.78, 5) is 25.5. The van der Waals surface area contributed by atoms with Crippen LogP contribution in [0.15, 0.2) is 54.6 Å². The van der Waals surface area contributed by atoms with Gasteiger partial charge in [0.15, 0.2) is 12.4 Å². The fraction of sp³-hybridized carbons (Fsp3) is 0.231. The number of rotatable bonds is 11. The Morgan fingerprint density at radius 1 is 1.02 bits per heavy atom. The van der Waals surface area contributed by atoms with Gasteiger partial charge in [0.25, 0.3) is 5.91 Å². The van der Waals surface area contributed by atoms with Gasteiger partial charge in [-0.2, -0.15) is 13.2 Å². The van der Waals surface area contributed by atoms with E-state index in [9.17, 15) is 35.6 Å². The van der Waals surface area contributed by atoms with Crippen molar-refractivity contribution in [3.63, 3.8) is 0 Å². The van der Waals surface area contributed by atoms with E-state index in [2.05, 4.69) is 5.32 Å². The van der Waals surface area contributed by atoms with E-state index in [0.717, 1.165) is 6.07 Å². The first-order chi connectivity index (χ1) is 18.6. The molecular formula is C26H23ClF4N2O6S. The minimum atomic E-state index is -4.88. The molecule has 1 amide bonds. The number of carbonyl (C=O) groups excluding carboxylic acids is 2. The van der Waals surface area contributed by atoms with Crippen LogP contribution in [0.5, 0.6) is 11.5 Å². The van der Waals surface area contributed by atoms with Crippen molar-refractivity contribution >= 4 is 39.0 Å². The summed E-state index contributed by atoms with van der Waals surface area (Å²) in [6.45, 7) is 1.23. The molecule has 40 heavy (non-hydrogen) atoms. The number of nitrogens with one attached hydrogen (secondary N) is 1. The molecule has 0 aliphatic heterocycles. The standard InChI is InChI=1S/C26H23ClF4N2O6S/c1-15-9-20(38-7-2-8-40(32,36)37)4-5-22(15)33-24(34)14-39-23-6-3-18(27)13-21(23)25(35)16-10-17(26(29,30)31)12-19(28)11-16/h3-6,9-13H,2,7-8,14H2,1H3,(H,33,34)(H2,32,36,37). The Labute approximate surface area is 232 Å². The number of amides is 1. The molecule has 8 nitrogen and oxygen atoms in total. The van der Waals surface area contributed by atoms with E-state index in [1.807, 2.05) is 0 Å². The largest absolute Gasteiger partial charge is 0.494 e. The summed E-state index contributed by atoms with van der Waals surface area (Å²) in [6, 6.07) is 9.94. The van der Waals surface area contributed by atoms with Crippen molar-refractivity contribution in [2.45, 2.75) is 19.5 Å². The fourth-order valence-corrected chi connectivity index (χ4v) is 4.18. The van der Waals surface area contributed by atoms with Gasteiger partial charge in [-0.1, -0.05) is 11.6 Å². The van der Waals surface area contributed by atoms with Crippen molar-refractivity contribution in [3.8, 4) is 11.5 Å². The first-order valence-electron chi connectivity index (χ1n) is 11.5. The minimum Gasteiger partial charge on any atom is -0.494 e. The molecule has 0 aromatic heterocycles. The van der Waals surface area contributed by atoms with Gasteiger partial charge in [-0.3, -0.25) is 9.59 Å². The maximum Gasteiger partial charge on any atom is 0.416 e. The van der Waals surface area contributed by atoms with Gasteiger partial charge in [0.1, 0.15) is 17.3 Å². The number of sulfonamides is 1. The maximum absolute atomic E-state index is 13.9. The lowest BCUT2D eigenvalue weighted by Crippen LogP contribution is -2.21. The molecule has 3 rings (SSSR count). The third kappa shape index (κ3) is 8.93. The zero-order valence-electron chi connectivity index (χ0n) is 20.8. The molecule has 0 spiro atoms. The first kappa shape index (κ1) is 30.9. The van der Waals surface area contributed by atoms with Gasteiger partial charge < -0.3 is 14.8 Å². The second-order valence-electron chi connectivity index (χ2n) is 8.58. The lowest BCUT2D eigenvalue weighted by atomic mass is 10.00. The Kier molecular flexibility index (Phi) is 9.77. The van der Waals surface area contributed by atoms with E-state index in [0.29, 0.717) is 29.1 Å². The highest BCUT2D eigenvalue weighted by Gasteiger charge is 2.32. The molecule has 214 valence electrons. The Morgan fingerprint density at radius 3 is 2.40 bits per heavy atom. The number of primary sulfonamides is 1. The smallest absolute Gasteiger partial charge is 0.416 e. The SMILES string of the molecule is Cc1cc(OCCCS(N)(=O)=O)ccc1NC(=O)COc1ccc(Cl)cc1C(=O)c1cc(F)cc(C(F)(F)F)c1. The minimum absolute atomic E-state index is 0.0650. The maximum atomic E-state index is 13.9. The number of ketones is 1. The van der Waals surface area contributed by atoms with Crippen LogP contribution in [-0.2, 0) is 21.0 Å². The van der Waals surface area contributed by atoms with Crippen LogP contribution in [0.4, 0.5) is 23.2 Å². The molecule has 3 aromatic carbocycles. The van der Waals surface area contributed by atoms with E-state index in [1.54, 1.807) is 25.1 Å². The van der Waals surface area contributed by atoms with Crippen LogP contribution >= 0.6 is 11.6 Å². The normalized spacial score (nSPS) is 11.7. The number of anilines is 1. The average Bonchev–Trinajstić information content (AvgIpc) is 2.85. The fourth-order valence-electron chi connectivity index (χ4n) is 3.49. The van der Waals surface area contributed by atoms with Gasteiger partial charge in [0, 0.05) is 16.3 Å². The molecule has 0 saturated heterocycles. The van der Waals surface area contributed by atoms with E-state index in [4.69, 9.17) is 26.2 Å². The highest BCUT2D eigenvalue weighted by Crippen LogP contribution is 2.32. The van der Waals surface area contributed by atoms with Gasteiger partial charge in [0.2, 0.25) is 10.0 Å². The molecule has 0 atom stereocenters. The summed E-state index contributed by atoms with van der Waals surface area (Å²) in [7, 11) is -3.59. The van der Waals surface area contributed by atoms with E-state index >= 15 is 0 Å². The summed E-state index contributed by atoms with van der Waals surface area (Å²) in [5, 5.41) is 7.62. The van der Waals surface area contributed by atoms with Crippen LogP contribution in [0.1, 0.15) is 33.5 Å². The average molecular weight is 603 g/mol. The predicted molar refractivity (Wildman–Crippen MR) is 140 cm³/mol. The molecular weight excluding hydrogens is 580 g/mol. The van der Waals surface area contributed by atoms with Crippen LogP contribution < -0.4 is 19.9 Å². The molecule has 3 N–H and O–H groups in total. The molecule has 0 fully saturated rings. The Bertz CT molecular complexity index is 1530. The van der Waals surface area contributed by atoms with Crippen LogP contribution in [0.3, 0.4) is 0 Å². The Balaban J connectivity index is 1.68. The van der Waals surface area contributed by atoms with Crippen LogP contribution in [0.25, 0.3) is 0 Å². The van der Waals surface area contributed by atoms with Crippen molar-refractivity contribution in [2.24, 2.45) is 5.14 Å². The number of carbonyl (C=O) groups is 2. The number of ether oxygens (including phenoxy) is 2. The predicted octanol–water partition coefficient (Wildman–Crippen LogP) is 5.11. The molecule has 0 aliphatic carbocycles. The third-order valence-electron chi connectivity index (χ3n) is 5.35. The van der Waals surface area contributed by atoms with Crippen molar-refractivity contribution in [2.75, 3.05) is 24.3 Å². The second-order valence-corrected chi connectivity index (χ2v) is 10.7. The molecule has 0 aliphatic rings. The number of alkyl halides is 3. The number of nitrogens with two attached hydrogens (primary N) is 1. The highest BCUT2D eigenvalue weighted by molar-refractivity contribution is 7.89. The molecule has 3 aromatic rings. The summed E-state index contributed by atoms with van der Waals surface area (Å²) in [5.74, 6) is -2.80. The van der Waals surface area contributed by atoms with E-state index < -0.39 is 51.4 Å². The van der Waals surface area contributed by atoms with Crippen molar-refractivity contribution < 1.29 is 45.0 Å². The number of halogens is 5. The summed E-state index contributed by atoms with van der Waals surface area (Å²) < 4.78 is 86.1. The molecule has 0 bridgehead atoms. The summed E-state index contributed by atoms with van der Waals surface area (Å²) >= 11 is 5.96. The third-order valence-corrected chi connectivity index (χ3v) is 6.44. The van der Waals surface area contributed by atoms with Crippen LogP contribution in [0, 0.1) is 12.7 Å². The number of hydrogen-bond donors (Lipinski definition) is 2. The summed E-state index contributed by atoms with van der Waals surface area (Å²) in [5.41, 5.74) is -1.15. The van der Waals surface area contributed by atoms with Crippen molar-refractivity contribution in [1.82, 2.24) is 0 Å². The number of benzene rings is 3. The first-order valence-corrected chi connectivity index (χ1v) is 13.6. The summed E-state index contributed by atoms with van der Waals surface area (Å²) in [6.07, 6.45) is -4.68. The van der Waals surface area contributed by atoms with Crippen molar-refractivity contribution in [1.29, 1.82) is 0 Å². The Hall–Kier alpha value is -3.68. The number of hydrogen-bond acceptors (Lipinski definition) is 6. The Morgan fingerprint density at radius 2 is 1.75 bits per heavy atom. The van der Waals surface area contributed by atoms with Crippen LogP contribution in [0.2, 0.25) is 5.02 Å². The van der Waals surface area contributed by atoms with Gasteiger partial charge in [-0.15, -0.1) is 0 Å². The highest BCUT2D eigenvalue weighted by atomic mass is 35.5. The lowest BCUT2D eigenvalue weighted by molar-refractivity contribution is -0.137. The quantitative estimate of drug-likeness (QED) is 0.178. The molecule has 0 radical (unpaired) electrons. The molecule has 0 saturated carbocycles. The van der Waals surface area contributed by atoms with E-state index in [1.165, 1.54) is 12.1 Å². The number of aryl methyl sites for hydroxylation is 1. The van der Waals surface area contributed by atoms with Crippen molar-refractivity contribution in [3.05, 3.63) is 87.7 Å². The second kappa shape index (κ2) is 12.7. The van der Waals surface area contributed by atoms with E-state index in [-0.39, 0.29) is 41.2 Å². The van der Waals surface area contributed by atoms with Crippen LogP contribution in [-0.4, -0.2) is 39.1 Å². The molecule has 0 unspecified atom stereocenters. The van der Waals surface area contributed by atoms with Gasteiger partial charge in [-0.05, 0) is 73.5 Å². The zero-order valence-corrected chi connectivity index (χ0v) is 22.4. The zero-order chi connectivity index (χ0) is 29.7. The topological polar surface area (TPSA) is 125 Å². The molecule has 0 heterocycles. The lowest BCUT2D eigenvalue weighted by Gasteiger charge is -2.14. The van der Waals surface area contributed by atoms with Gasteiger partial charge in [-0.25, -0.2) is 17.9 Å². The van der Waals surface area contributed by atoms with Gasteiger partial charge in [0.05, 0.1) is 23.5 Å².